The molecule has 0 atom stereocenters. The normalized spacial score (nSPS) is 15.1. The van der Waals surface area contributed by atoms with E-state index >= 15 is 0 Å². The summed E-state index contributed by atoms with van der Waals surface area (Å²) in [5, 5.41) is 0. The van der Waals surface area contributed by atoms with Crippen molar-refractivity contribution in [2.24, 2.45) is 0 Å². The van der Waals surface area contributed by atoms with Crippen LogP contribution in [-0.4, -0.2) is 48.0 Å². The molecule has 0 spiro atoms. The van der Waals surface area contributed by atoms with Gasteiger partial charge >= 0.3 is 5.97 Å². The van der Waals surface area contributed by atoms with Crippen LogP contribution in [-0.2, 0) is 14.3 Å². The monoisotopic (exact) mass is 515 g/mol. The molecule has 0 unspecified atom stereocenters. The van der Waals surface area contributed by atoms with Crippen molar-refractivity contribution >= 4 is 62.2 Å². The number of thioether (sulfide) groups is 1. The summed E-state index contributed by atoms with van der Waals surface area (Å²) >= 11 is 10.1. The molecular weight excluding hydrogens is 490 g/mol. The number of hydrogen-bond acceptors (Lipinski definition) is 7. The number of carbonyl (C=O) groups is 2. The number of amides is 1. The Balaban J connectivity index is 2.12. The van der Waals surface area contributed by atoms with Crippen LogP contribution in [0.2, 0.25) is 0 Å². The Hall–Kier alpha value is -1.58. The first kappa shape index (κ1) is 24.7. The molecule has 1 amide bonds. The summed E-state index contributed by atoms with van der Waals surface area (Å²) in [5.41, 5.74) is 0.782. The predicted molar refractivity (Wildman–Crippen MR) is 127 cm³/mol. The molecule has 1 aliphatic rings. The highest BCUT2D eigenvalue weighted by Gasteiger charge is 2.32. The lowest BCUT2D eigenvalue weighted by molar-refractivity contribution is -0.143. The van der Waals surface area contributed by atoms with Gasteiger partial charge in [-0.1, -0.05) is 44.2 Å². The average molecular weight is 516 g/mol. The quantitative estimate of drug-likeness (QED) is 0.174. The van der Waals surface area contributed by atoms with E-state index in [2.05, 4.69) is 22.9 Å². The second-order valence-corrected chi connectivity index (χ2v) is 9.07. The van der Waals surface area contributed by atoms with Gasteiger partial charge in [0, 0.05) is 6.54 Å². The first-order chi connectivity index (χ1) is 14.4. The molecule has 1 aromatic carbocycles. The zero-order valence-corrected chi connectivity index (χ0v) is 20.6. The van der Waals surface area contributed by atoms with E-state index in [-0.39, 0.29) is 24.8 Å². The molecule has 0 bridgehead atoms. The minimum Gasteiger partial charge on any atom is -0.493 e. The Morgan fingerprint density at radius 3 is 2.70 bits per heavy atom. The SMILES string of the molecule is CCCCOc1c(Br)cc(/C=C2\SC(=S)N(CCC(=O)OCCC)C2=O)cc1OC. The first-order valence-corrected chi connectivity index (χ1v) is 11.8. The van der Waals surface area contributed by atoms with Crippen molar-refractivity contribution in [1.29, 1.82) is 0 Å². The van der Waals surface area contributed by atoms with Crippen molar-refractivity contribution < 1.29 is 23.8 Å². The van der Waals surface area contributed by atoms with Crippen LogP contribution in [0.3, 0.4) is 0 Å². The minimum absolute atomic E-state index is 0.114. The molecule has 0 aliphatic carbocycles. The lowest BCUT2D eigenvalue weighted by atomic mass is 10.2. The van der Waals surface area contributed by atoms with Crippen LogP contribution < -0.4 is 9.47 Å². The molecular formula is C21H26BrNO5S2. The maximum Gasteiger partial charge on any atom is 0.307 e. The number of esters is 1. The summed E-state index contributed by atoms with van der Waals surface area (Å²) in [6, 6.07) is 3.69. The van der Waals surface area contributed by atoms with Gasteiger partial charge in [-0.25, -0.2) is 0 Å². The second kappa shape index (κ2) is 12.3. The van der Waals surface area contributed by atoms with Crippen molar-refractivity contribution in [2.45, 2.75) is 39.5 Å². The van der Waals surface area contributed by atoms with E-state index < -0.39 is 0 Å². The molecule has 0 saturated carbocycles. The molecule has 2 rings (SSSR count). The summed E-state index contributed by atoms with van der Waals surface area (Å²) in [7, 11) is 1.58. The number of thiocarbonyl (C=S) groups is 1. The summed E-state index contributed by atoms with van der Waals surface area (Å²) in [6.45, 7) is 5.22. The molecule has 0 radical (unpaired) electrons. The number of halogens is 1. The first-order valence-electron chi connectivity index (χ1n) is 9.82. The standard InChI is InChI=1S/C21H26BrNO5S2/c1-4-6-10-28-19-15(22)11-14(12-16(19)26-3)13-17-20(25)23(21(29)30-17)8-7-18(24)27-9-5-2/h11-13H,4-10H2,1-3H3/b17-13-. The molecule has 1 aromatic rings. The van der Waals surface area contributed by atoms with Gasteiger partial charge in [-0.05, 0) is 52.5 Å². The Labute approximate surface area is 195 Å². The molecule has 0 aromatic heterocycles. The number of hydrogen-bond donors (Lipinski definition) is 0. The van der Waals surface area contributed by atoms with Crippen molar-refractivity contribution in [3.8, 4) is 11.5 Å². The maximum absolute atomic E-state index is 12.8. The topological polar surface area (TPSA) is 65.1 Å². The molecule has 0 N–H and O–H groups in total. The van der Waals surface area contributed by atoms with Gasteiger partial charge in [0.1, 0.15) is 4.32 Å². The lowest BCUT2D eigenvalue weighted by Crippen LogP contribution is -2.30. The Morgan fingerprint density at radius 1 is 1.27 bits per heavy atom. The third-order valence-corrected chi connectivity index (χ3v) is 6.14. The number of nitrogens with zero attached hydrogens (tertiary/aromatic N) is 1. The van der Waals surface area contributed by atoms with Crippen LogP contribution in [0.4, 0.5) is 0 Å². The summed E-state index contributed by atoms with van der Waals surface area (Å²) in [4.78, 5) is 26.4. The van der Waals surface area contributed by atoms with E-state index in [0.29, 0.717) is 33.9 Å². The molecule has 1 saturated heterocycles. The Morgan fingerprint density at radius 2 is 2.03 bits per heavy atom. The van der Waals surface area contributed by atoms with Crippen molar-refractivity contribution in [1.82, 2.24) is 4.90 Å². The molecule has 30 heavy (non-hydrogen) atoms. The van der Waals surface area contributed by atoms with Crippen LogP contribution >= 0.6 is 39.9 Å². The zero-order valence-electron chi connectivity index (χ0n) is 17.4. The van der Waals surface area contributed by atoms with Gasteiger partial charge < -0.3 is 14.2 Å². The van der Waals surface area contributed by atoms with Gasteiger partial charge in [-0.2, -0.15) is 0 Å². The van der Waals surface area contributed by atoms with E-state index in [9.17, 15) is 9.59 Å². The van der Waals surface area contributed by atoms with Gasteiger partial charge in [0.05, 0.1) is 36.1 Å². The van der Waals surface area contributed by atoms with Gasteiger partial charge in [-0.15, -0.1) is 0 Å². The summed E-state index contributed by atoms with van der Waals surface area (Å²) in [6.07, 6.45) is 4.62. The molecule has 1 fully saturated rings. The number of carbonyl (C=O) groups excluding carboxylic acids is 2. The highest BCUT2D eigenvalue weighted by Crippen LogP contribution is 2.39. The highest BCUT2D eigenvalue weighted by molar-refractivity contribution is 9.10. The molecule has 164 valence electrons. The van der Waals surface area contributed by atoms with Crippen molar-refractivity contribution in [3.63, 3.8) is 0 Å². The molecule has 9 heteroatoms. The lowest BCUT2D eigenvalue weighted by Gasteiger charge is -2.14. The van der Waals surface area contributed by atoms with E-state index in [1.807, 2.05) is 19.1 Å². The third-order valence-electron chi connectivity index (χ3n) is 4.17. The Kier molecular flexibility index (Phi) is 10.1. The van der Waals surface area contributed by atoms with Crippen LogP contribution in [0.1, 0.15) is 45.1 Å². The van der Waals surface area contributed by atoms with E-state index in [4.69, 9.17) is 26.4 Å². The van der Waals surface area contributed by atoms with Crippen LogP contribution in [0.15, 0.2) is 21.5 Å². The van der Waals surface area contributed by atoms with Crippen LogP contribution in [0.5, 0.6) is 11.5 Å². The fourth-order valence-electron chi connectivity index (χ4n) is 2.62. The number of methoxy groups -OCH3 is 1. The van der Waals surface area contributed by atoms with E-state index in [1.54, 1.807) is 13.2 Å². The average Bonchev–Trinajstić information content (AvgIpc) is 2.98. The van der Waals surface area contributed by atoms with Crippen molar-refractivity contribution in [3.05, 3.63) is 27.1 Å². The molecule has 1 heterocycles. The smallest absolute Gasteiger partial charge is 0.307 e. The predicted octanol–water partition coefficient (Wildman–Crippen LogP) is 5.18. The molecule has 6 nitrogen and oxygen atoms in total. The second-order valence-electron chi connectivity index (χ2n) is 6.54. The van der Waals surface area contributed by atoms with E-state index in [0.717, 1.165) is 29.3 Å². The maximum atomic E-state index is 12.8. The third kappa shape index (κ3) is 6.72. The largest absolute Gasteiger partial charge is 0.493 e. The number of benzene rings is 1. The van der Waals surface area contributed by atoms with Crippen molar-refractivity contribution in [2.75, 3.05) is 26.9 Å². The zero-order chi connectivity index (χ0) is 22.1. The Bertz CT molecular complexity index is 828. The summed E-state index contributed by atoms with van der Waals surface area (Å²) in [5.74, 6) is 0.677. The number of rotatable bonds is 11. The van der Waals surface area contributed by atoms with Gasteiger partial charge in [0.15, 0.2) is 11.5 Å². The minimum atomic E-state index is -0.331. The van der Waals surface area contributed by atoms with Gasteiger partial charge in [0.25, 0.3) is 5.91 Å². The van der Waals surface area contributed by atoms with Gasteiger partial charge in [-0.3, -0.25) is 14.5 Å². The van der Waals surface area contributed by atoms with Crippen LogP contribution in [0, 0.1) is 0 Å². The fraction of sp³-hybridized carbons (Fsp3) is 0.476. The molecule has 1 aliphatic heterocycles. The fourth-order valence-corrected chi connectivity index (χ4v) is 4.50. The number of ether oxygens (including phenoxy) is 3. The van der Waals surface area contributed by atoms with Crippen LogP contribution in [0.25, 0.3) is 6.08 Å². The van der Waals surface area contributed by atoms with Gasteiger partial charge in [0.2, 0.25) is 0 Å². The highest BCUT2D eigenvalue weighted by atomic mass is 79.9. The summed E-state index contributed by atoms with van der Waals surface area (Å²) < 4.78 is 17.5. The van der Waals surface area contributed by atoms with E-state index in [1.165, 1.54) is 16.7 Å². The number of unbranched alkanes of at least 4 members (excludes halogenated alkanes) is 1.